The van der Waals surface area contributed by atoms with Gasteiger partial charge in [-0.15, -0.1) is 0 Å². The zero-order chi connectivity index (χ0) is 14.7. The van der Waals surface area contributed by atoms with Gasteiger partial charge in [0.25, 0.3) is 5.91 Å². The molecule has 1 aromatic rings. The maximum Gasteiger partial charge on any atom is 0.289 e. The number of carbonyl (C=O) groups excluding carboxylic acids is 1. The van der Waals surface area contributed by atoms with Crippen molar-refractivity contribution in [1.82, 2.24) is 4.90 Å². The third-order valence-electron chi connectivity index (χ3n) is 3.88. The molecule has 20 heavy (non-hydrogen) atoms. The summed E-state index contributed by atoms with van der Waals surface area (Å²) in [7, 11) is 3.32. The van der Waals surface area contributed by atoms with Gasteiger partial charge in [0.15, 0.2) is 5.76 Å². The zero-order valence-corrected chi connectivity index (χ0v) is 12.6. The lowest BCUT2D eigenvalue weighted by molar-refractivity contribution is 0.0581. The standard InChI is InChI=1S/C15H23NO4/c1-5-13-10(2)6-14(20-13)15(17)16-8-12(19-4)7-11(16)9-18-3/h6,11-12H,5,7-9H2,1-4H3/t11-,12-/m0/s1. The molecule has 0 N–H and O–H groups in total. The largest absolute Gasteiger partial charge is 0.456 e. The molecule has 2 heterocycles. The molecule has 1 aliphatic heterocycles. The van der Waals surface area contributed by atoms with Gasteiger partial charge >= 0.3 is 0 Å². The van der Waals surface area contributed by atoms with Crippen LogP contribution in [0, 0.1) is 6.92 Å². The summed E-state index contributed by atoms with van der Waals surface area (Å²) in [6.45, 7) is 5.09. The maximum atomic E-state index is 12.6. The fourth-order valence-electron chi connectivity index (χ4n) is 2.76. The van der Waals surface area contributed by atoms with Gasteiger partial charge in [-0.25, -0.2) is 0 Å². The molecule has 1 saturated heterocycles. The SMILES string of the molecule is CCc1oc(C(=O)N2C[C@@H](OC)C[C@H]2COC)cc1C. The summed E-state index contributed by atoms with van der Waals surface area (Å²) in [5.41, 5.74) is 1.03. The Balaban J connectivity index is 2.17. The van der Waals surface area contributed by atoms with Gasteiger partial charge in [0.2, 0.25) is 0 Å². The van der Waals surface area contributed by atoms with E-state index in [0.29, 0.717) is 18.9 Å². The average molecular weight is 281 g/mol. The van der Waals surface area contributed by atoms with Crippen LogP contribution >= 0.6 is 0 Å². The summed E-state index contributed by atoms with van der Waals surface area (Å²) >= 11 is 0. The number of furan rings is 1. The molecular formula is C15H23NO4. The van der Waals surface area contributed by atoms with Crippen molar-refractivity contribution in [2.75, 3.05) is 27.4 Å². The number of hydrogen-bond donors (Lipinski definition) is 0. The van der Waals surface area contributed by atoms with Crippen molar-refractivity contribution in [3.63, 3.8) is 0 Å². The monoisotopic (exact) mass is 281 g/mol. The van der Waals surface area contributed by atoms with Crippen molar-refractivity contribution in [3.8, 4) is 0 Å². The van der Waals surface area contributed by atoms with Crippen LogP contribution < -0.4 is 0 Å². The van der Waals surface area contributed by atoms with Gasteiger partial charge in [-0.2, -0.15) is 0 Å². The van der Waals surface area contributed by atoms with Gasteiger partial charge in [-0.3, -0.25) is 4.79 Å². The Hall–Kier alpha value is -1.33. The first-order chi connectivity index (χ1) is 9.60. The van der Waals surface area contributed by atoms with Crippen LogP contribution in [0.1, 0.15) is 35.2 Å². The Morgan fingerprint density at radius 1 is 1.50 bits per heavy atom. The Kier molecular flexibility index (Phi) is 4.83. The summed E-state index contributed by atoms with van der Waals surface area (Å²) in [6, 6.07) is 1.87. The van der Waals surface area contributed by atoms with Crippen molar-refractivity contribution < 1.29 is 18.7 Å². The van der Waals surface area contributed by atoms with Crippen molar-refractivity contribution in [2.45, 2.75) is 38.8 Å². The van der Waals surface area contributed by atoms with Crippen LogP contribution in [0.2, 0.25) is 0 Å². The highest BCUT2D eigenvalue weighted by Gasteiger charge is 2.36. The Morgan fingerprint density at radius 2 is 2.25 bits per heavy atom. The molecule has 0 aliphatic carbocycles. The minimum Gasteiger partial charge on any atom is -0.456 e. The third-order valence-corrected chi connectivity index (χ3v) is 3.88. The number of amides is 1. The van der Waals surface area contributed by atoms with Crippen LogP contribution in [-0.4, -0.2) is 50.3 Å². The van der Waals surface area contributed by atoms with E-state index in [1.165, 1.54) is 0 Å². The highest BCUT2D eigenvalue weighted by Crippen LogP contribution is 2.24. The van der Waals surface area contributed by atoms with Crippen molar-refractivity contribution >= 4 is 5.91 Å². The van der Waals surface area contributed by atoms with Gasteiger partial charge < -0.3 is 18.8 Å². The summed E-state index contributed by atoms with van der Waals surface area (Å²) in [5.74, 6) is 1.21. The summed E-state index contributed by atoms with van der Waals surface area (Å²) in [5, 5.41) is 0. The Morgan fingerprint density at radius 3 is 2.80 bits per heavy atom. The average Bonchev–Trinajstić information content (AvgIpc) is 3.02. The first-order valence-electron chi connectivity index (χ1n) is 7.02. The second-order valence-electron chi connectivity index (χ2n) is 5.23. The molecule has 2 rings (SSSR count). The molecule has 112 valence electrons. The predicted octanol–water partition coefficient (Wildman–Crippen LogP) is 2.03. The maximum absolute atomic E-state index is 12.6. The lowest BCUT2D eigenvalue weighted by Crippen LogP contribution is -2.38. The molecule has 1 aromatic heterocycles. The number of likely N-dealkylation sites (tertiary alicyclic amines) is 1. The van der Waals surface area contributed by atoms with Crippen LogP contribution in [0.25, 0.3) is 0 Å². The van der Waals surface area contributed by atoms with Crippen molar-refractivity contribution in [1.29, 1.82) is 0 Å². The number of rotatable bonds is 5. The number of nitrogens with zero attached hydrogens (tertiary/aromatic N) is 1. The number of carbonyl (C=O) groups is 1. The summed E-state index contributed by atoms with van der Waals surface area (Å²) in [6.07, 6.45) is 1.67. The van der Waals surface area contributed by atoms with Gasteiger partial charge in [-0.05, 0) is 25.0 Å². The Labute approximate surface area is 119 Å². The van der Waals surface area contributed by atoms with Crippen LogP contribution in [0.3, 0.4) is 0 Å². The van der Waals surface area contributed by atoms with E-state index in [-0.39, 0.29) is 18.1 Å². The van der Waals surface area contributed by atoms with E-state index < -0.39 is 0 Å². The normalized spacial score (nSPS) is 22.5. The van der Waals surface area contributed by atoms with Crippen LogP contribution in [0.5, 0.6) is 0 Å². The lowest BCUT2D eigenvalue weighted by Gasteiger charge is -2.22. The lowest BCUT2D eigenvalue weighted by atomic mass is 10.2. The number of hydrogen-bond acceptors (Lipinski definition) is 4. The van der Waals surface area contributed by atoms with Crippen LogP contribution in [-0.2, 0) is 15.9 Å². The quantitative estimate of drug-likeness (QED) is 0.828. The molecule has 1 fully saturated rings. The minimum atomic E-state index is -0.0746. The molecule has 0 bridgehead atoms. The molecular weight excluding hydrogens is 258 g/mol. The molecule has 0 unspecified atom stereocenters. The topological polar surface area (TPSA) is 51.9 Å². The van der Waals surface area contributed by atoms with Gasteiger partial charge in [0.05, 0.1) is 18.8 Å². The van der Waals surface area contributed by atoms with Crippen LogP contribution in [0.15, 0.2) is 10.5 Å². The third kappa shape index (κ3) is 2.88. The fraction of sp³-hybridized carbons (Fsp3) is 0.667. The first-order valence-corrected chi connectivity index (χ1v) is 7.02. The molecule has 5 nitrogen and oxygen atoms in total. The first kappa shape index (κ1) is 15.1. The molecule has 0 saturated carbocycles. The number of aryl methyl sites for hydroxylation is 2. The van der Waals surface area contributed by atoms with E-state index in [4.69, 9.17) is 13.9 Å². The predicted molar refractivity (Wildman–Crippen MR) is 74.9 cm³/mol. The van der Waals surface area contributed by atoms with E-state index >= 15 is 0 Å². The molecule has 1 amide bonds. The highest BCUT2D eigenvalue weighted by atomic mass is 16.5. The summed E-state index contributed by atoms with van der Waals surface area (Å²) in [4.78, 5) is 14.4. The smallest absolute Gasteiger partial charge is 0.289 e. The van der Waals surface area contributed by atoms with E-state index in [9.17, 15) is 4.79 Å². The fourth-order valence-corrected chi connectivity index (χ4v) is 2.76. The van der Waals surface area contributed by atoms with Crippen molar-refractivity contribution in [3.05, 3.63) is 23.2 Å². The number of ether oxygens (including phenoxy) is 2. The minimum absolute atomic E-state index is 0.0490. The highest BCUT2D eigenvalue weighted by molar-refractivity contribution is 5.92. The van der Waals surface area contributed by atoms with Gasteiger partial charge in [-0.1, -0.05) is 6.92 Å². The van der Waals surface area contributed by atoms with E-state index in [2.05, 4.69) is 0 Å². The van der Waals surface area contributed by atoms with E-state index in [1.807, 2.05) is 19.9 Å². The second-order valence-corrected chi connectivity index (χ2v) is 5.23. The van der Waals surface area contributed by atoms with E-state index in [0.717, 1.165) is 24.2 Å². The molecule has 0 aromatic carbocycles. The number of methoxy groups -OCH3 is 2. The molecule has 1 aliphatic rings. The molecule has 0 spiro atoms. The molecule has 5 heteroatoms. The molecule has 2 atom stereocenters. The summed E-state index contributed by atoms with van der Waals surface area (Å²) < 4.78 is 16.2. The van der Waals surface area contributed by atoms with Gasteiger partial charge in [0.1, 0.15) is 5.76 Å². The van der Waals surface area contributed by atoms with E-state index in [1.54, 1.807) is 19.1 Å². The van der Waals surface area contributed by atoms with Gasteiger partial charge in [0, 0.05) is 27.2 Å². The zero-order valence-electron chi connectivity index (χ0n) is 12.6. The Bertz CT molecular complexity index is 468. The van der Waals surface area contributed by atoms with Crippen molar-refractivity contribution in [2.24, 2.45) is 0 Å². The van der Waals surface area contributed by atoms with Crippen LogP contribution in [0.4, 0.5) is 0 Å². The molecule has 0 radical (unpaired) electrons. The second kappa shape index (κ2) is 6.41.